The fourth-order valence-electron chi connectivity index (χ4n) is 1.95. The minimum atomic E-state index is -1.61. The van der Waals surface area contributed by atoms with Crippen LogP contribution in [0.4, 0.5) is 0 Å². The van der Waals surface area contributed by atoms with E-state index in [1.807, 2.05) is 0 Å². The zero-order valence-corrected chi connectivity index (χ0v) is 9.16. The van der Waals surface area contributed by atoms with Crippen LogP contribution in [0.25, 0.3) is 0 Å². The van der Waals surface area contributed by atoms with E-state index in [2.05, 4.69) is 0 Å². The fraction of sp³-hybridized carbons (Fsp3) is 1.00. The van der Waals surface area contributed by atoms with Crippen molar-refractivity contribution in [2.45, 2.75) is 36.7 Å². The predicted molar refractivity (Wildman–Crippen MR) is 54.7 cm³/mol. The number of rotatable bonds is 4. The molecule has 0 aromatic heterocycles. The normalized spacial score (nSPS) is 41.5. The summed E-state index contributed by atoms with van der Waals surface area (Å²) in [5.41, 5.74) is 0. The van der Waals surface area contributed by atoms with E-state index in [0.717, 1.165) is 4.90 Å². The smallest absolute Gasteiger partial charge is 0.136 e. The van der Waals surface area contributed by atoms with Crippen LogP contribution in [0.5, 0.6) is 0 Å². The molecule has 1 rings (SSSR count). The molecule has 8 nitrogen and oxygen atoms in total. The topological polar surface area (TPSA) is 145 Å². The summed E-state index contributed by atoms with van der Waals surface area (Å²) >= 11 is 0. The molecule has 0 bridgehead atoms. The lowest BCUT2D eigenvalue weighted by Gasteiger charge is -2.46. The van der Waals surface area contributed by atoms with Gasteiger partial charge in [-0.05, 0) is 0 Å². The fourth-order valence-corrected chi connectivity index (χ4v) is 1.95. The van der Waals surface area contributed by atoms with Crippen molar-refractivity contribution >= 4 is 0 Å². The minimum absolute atomic E-state index is 0.246. The van der Waals surface area contributed by atoms with Gasteiger partial charge < -0.3 is 35.7 Å². The second kappa shape index (κ2) is 6.03. The highest BCUT2D eigenvalue weighted by atomic mass is 16.4. The molecule has 0 aromatic rings. The molecule has 1 aliphatic rings. The Morgan fingerprint density at radius 1 is 0.941 bits per heavy atom. The summed E-state index contributed by atoms with van der Waals surface area (Å²) < 4.78 is 0. The maximum atomic E-state index is 9.67. The Morgan fingerprint density at radius 2 is 1.53 bits per heavy atom. The summed E-state index contributed by atoms with van der Waals surface area (Å²) in [4.78, 5) is 1.04. The first-order valence-corrected chi connectivity index (χ1v) is 5.31. The number of β-amino-alcohol motifs (C(OH)–C–C–N with tert-alkyl or cyclic N) is 1. The van der Waals surface area contributed by atoms with Crippen molar-refractivity contribution in [1.82, 2.24) is 4.90 Å². The first kappa shape index (κ1) is 14.7. The van der Waals surface area contributed by atoms with Crippen molar-refractivity contribution in [1.29, 1.82) is 0 Å². The van der Waals surface area contributed by atoms with Crippen LogP contribution in [0.15, 0.2) is 0 Å². The lowest BCUT2D eigenvalue weighted by molar-refractivity contribution is -0.227. The van der Waals surface area contributed by atoms with E-state index in [1.54, 1.807) is 0 Å². The number of nitrogens with zero attached hydrogens (tertiary/aromatic N) is 1. The number of piperidine rings is 1. The molecule has 6 atom stereocenters. The molecule has 0 saturated carbocycles. The predicted octanol–water partition coefficient (Wildman–Crippen LogP) is -4.58. The molecule has 1 fully saturated rings. The van der Waals surface area contributed by atoms with E-state index in [9.17, 15) is 25.5 Å². The van der Waals surface area contributed by atoms with Crippen molar-refractivity contribution < 1.29 is 35.7 Å². The number of likely N-dealkylation sites (tertiary alicyclic amines) is 1. The third-order valence-electron chi connectivity index (χ3n) is 2.98. The SMILES string of the molecule is OCC(O)CN1C(O)[C@H](O)[C@@H](O)[C@H](O)[C@H]1CO. The Kier molecular flexibility index (Phi) is 5.22. The zero-order chi connectivity index (χ0) is 13.2. The first-order valence-electron chi connectivity index (χ1n) is 5.31. The first-order chi connectivity index (χ1) is 7.93. The van der Waals surface area contributed by atoms with Gasteiger partial charge in [0.15, 0.2) is 0 Å². The van der Waals surface area contributed by atoms with Gasteiger partial charge in [0.1, 0.15) is 24.5 Å². The van der Waals surface area contributed by atoms with Crippen molar-refractivity contribution in [2.75, 3.05) is 19.8 Å². The molecule has 2 unspecified atom stereocenters. The Labute approximate surface area is 98.0 Å². The van der Waals surface area contributed by atoms with Crippen LogP contribution in [0, 0.1) is 0 Å². The highest BCUT2D eigenvalue weighted by Gasteiger charge is 2.47. The molecule has 0 aromatic carbocycles. The van der Waals surface area contributed by atoms with Crippen LogP contribution in [0.1, 0.15) is 0 Å². The number of aliphatic hydroxyl groups excluding tert-OH is 7. The molecule has 1 heterocycles. The van der Waals surface area contributed by atoms with Crippen LogP contribution >= 0.6 is 0 Å². The van der Waals surface area contributed by atoms with Gasteiger partial charge >= 0.3 is 0 Å². The molecule has 0 spiro atoms. The van der Waals surface area contributed by atoms with E-state index in [4.69, 9.17) is 10.2 Å². The lowest BCUT2D eigenvalue weighted by atomic mass is 9.92. The van der Waals surface area contributed by atoms with Crippen LogP contribution in [-0.2, 0) is 0 Å². The van der Waals surface area contributed by atoms with Crippen molar-refractivity contribution in [3.05, 3.63) is 0 Å². The number of aliphatic hydroxyl groups is 7. The van der Waals surface area contributed by atoms with Gasteiger partial charge in [0, 0.05) is 6.54 Å². The maximum Gasteiger partial charge on any atom is 0.136 e. The maximum absolute atomic E-state index is 9.67. The molecular formula is C9H19NO7. The third-order valence-corrected chi connectivity index (χ3v) is 2.98. The zero-order valence-electron chi connectivity index (χ0n) is 9.16. The van der Waals surface area contributed by atoms with Crippen LogP contribution < -0.4 is 0 Å². The Bertz CT molecular complexity index is 241. The summed E-state index contributed by atoms with van der Waals surface area (Å²) in [7, 11) is 0. The molecule has 0 aliphatic carbocycles. The molecule has 7 N–H and O–H groups in total. The average molecular weight is 253 g/mol. The van der Waals surface area contributed by atoms with Gasteiger partial charge in [-0.1, -0.05) is 0 Å². The van der Waals surface area contributed by atoms with Gasteiger partial charge in [-0.25, -0.2) is 0 Å². The Hall–Kier alpha value is -0.320. The monoisotopic (exact) mass is 253 g/mol. The Morgan fingerprint density at radius 3 is 2.00 bits per heavy atom. The van der Waals surface area contributed by atoms with Gasteiger partial charge in [-0.2, -0.15) is 0 Å². The molecule has 102 valence electrons. The summed E-state index contributed by atoms with van der Waals surface area (Å²) in [6.45, 7) is -1.37. The summed E-state index contributed by atoms with van der Waals surface area (Å²) in [5, 5.41) is 65.2. The highest BCUT2D eigenvalue weighted by molar-refractivity contribution is 4.96. The summed E-state index contributed by atoms with van der Waals surface area (Å²) in [5.74, 6) is 0. The van der Waals surface area contributed by atoms with Crippen molar-refractivity contribution in [3.63, 3.8) is 0 Å². The number of hydrogen-bond acceptors (Lipinski definition) is 8. The van der Waals surface area contributed by atoms with E-state index in [1.165, 1.54) is 0 Å². The second-order valence-corrected chi connectivity index (χ2v) is 4.17. The van der Waals surface area contributed by atoms with Gasteiger partial charge in [-0.3, -0.25) is 4.90 Å². The van der Waals surface area contributed by atoms with E-state index in [-0.39, 0.29) is 6.54 Å². The summed E-state index contributed by atoms with van der Waals surface area (Å²) in [6, 6.07) is -1.02. The molecule has 0 radical (unpaired) electrons. The van der Waals surface area contributed by atoms with Crippen LogP contribution in [-0.4, -0.2) is 97.1 Å². The van der Waals surface area contributed by atoms with E-state index in [0.29, 0.717) is 0 Å². The quantitative estimate of drug-likeness (QED) is 0.265. The van der Waals surface area contributed by atoms with E-state index >= 15 is 0 Å². The average Bonchev–Trinajstić information content (AvgIpc) is 2.33. The van der Waals surface area contributed by atoms with Gasteiger partial charge in [0.05, 0.1) is 25.4 Å². The summed E-state index contributed by atoms with van der Waals surface area (Å²) in [6.07, 6.45) is -7.37. The van der Waals surface area contributed by atoms with Gasteiger partial charge in [-0.15, -0.1) is 0 Å². The molecule has 17 heavy (non-hydrogen) atoms. The van der Waals surface area contributed by atoms with Gasteiger partial charge in [0.25, 0.3) is 0 Å². The molecule has 8 heteroatoms. The Balaban J connectivity index is 2.82. The minimum Gasteiger partial charge on any atom is -0.395 e. The third kappa shape index (κ3) is 2.92. The largest absolute Gasteiger partial charge is 0.395 e. The molecule has 1 saturated heterocycles. The second-order valence-electron chi connectivity index (χ2n) is 4.17. The molecule has 1 aliphatic heterocycles. The molecular weight excluding hydrogens is 234 g/mol. The number of hydrogen-bond donors (Lipinski definition) is 7. The highest BCUT2D eigenvalue weighted by Crippen LogP contribution is 2.23. The van der Waals surface area contributed by atoms with E-state index < -0.39 is 49.9 Å². The standard InChI is InChI=1S/C9H19NO7/c11-2-4(13)1-10-5(3-12)6(14)7(15)8(16)9(10)17/h4-9,11-17H,1-3H2/t4?,5-,6-,7+,8-,9?/m1/s1. The lowest BCUT2D eigenvalue weighted by Crippen LogP contribution is -2.68. The van der Waals surface area contributed by atoms with Crippen molar-refractivity contribution in [2.24, 2.45) is 0 Å². The molecule has 0 amide bonds. The van der Waals surface area contributed by atoms with Crippen molar-refractivity contribution in [3.8, 4) is 0 Å². The van der Waals surface area contributed by atoms with Gasteiger partial charge in [0.2, 0.25) is 0 Å². The van der Waals surface area contributed by atoms with Crippen LogP contribution in [0.3, 0.4) is 0 Å². The van der Waals surface area contributed by atoms with Crippen LogP contribution in [0.2, 0.25) is 0 Å².